The molecule has 1 heterocycles. The molecule has 0 aliphatic heterocycles. The van der Waals surface area contributed by atoms with Crippen molar-refractivity contribution in [3.05, 3.63) is 276 Å². The Morgan fingerprint density at radius 1 is 0.333 bits per heavy atom. The van der Waals surface area contributed by atoms with Gasteiger partial charge in [-0.05, 0) is 140 Å². The highest BCUT2D eigenvalue weighted by Crippen LogP contribution is 2.57. The van der Waals surface area contributed by atoms with Gasteiger partial charge in [-0.15, -0.1) is 0 Å². The van der Waals surface area contributed by atoms with Gasteiger partial charge in [0.05, 0.1) is 16.4 Å². The lowest BCUT2D eigenvalue weighted by atomic mass is 9.67. The summed E-state index contributed by atoms with van der Waals surface area (Å²) in [5.41, 5.74) is 21.8. The zero-order valence-corrected chi connectivity index (χ0v) is 37.0. The Kier molecular flexibility index (Phi) is 8.51. The number of hydrogen-bond acceptors (Lipinski definition) is 1. The molecule has 10 aromatic carbocycles. The molecule has 2 nitrogen and oxygen atoms in total. The maximum atomic E-state index is 2.49. The van der Waals surface area contributed by atoms with Crippen molar-refractivity contribution in [2.45, 2.75) is 24.7 Å². The Hall–Kier alpha value is -8.20. The van der Waals surface area contributed by atoms with Gasteiger partial charge >= 0.3 is 0 Å². The highest BCUT2D eigenvalue weighted by Gasteiger charge is 2.46. The standard InChI is InChI=1S/C64H46N2/c1-63(2)57-30-15-12-27-51(57)54-36-35-50(42-60(54)63)65(47-22-8-4-9-23-47)49-26-18-19-43(39-49)44-33-37-61-55(40-44)56-41-46(34-38-62(56)66(61)48-24-10-5-11-25-48)64(45-20-6-3-7-21-45)58-31-16-13-28-52(58)53-29-14-17-32-59(53)64/h3-42H,1-2H3. The van der Waals surface area contributed by atoms with E-state index < -0.39 is 5.41 Å². The largest absolute Gasteiger partial charge is 0.310 e. The van der Waals surface area contributed by atoms with E-state index in [0.29, 0.717) is 0 Å². The minimum absolute atomic E-state index is 0.106. The van der Waals surface area contributed by atoms with Crippen LogP contribution in [-0.4, -0.2) is 4.57 Å². The smallest absolute Gasteiger partial charge is 0.0713 e. The lowest BCUT2D eigenvalue weighted by Crippen LogP contribution is -2.28. The number of anilines is 3. The van der Waals surface area contributed by atoms with Crippen molar-refractivity contribution in [1.29, 1.82) is 0 Å². The topological polar surface area (TPSA) is 8.17 Å². The molecular weight excluding hydrogens is 797 g/mol. The molecule has 0 spiro atoms. The third-order valence-corrected chi connectivity index (χ3v) is 14.6. The van der Waals surface area contributed by atoms with Crippen LogP contribution in [0.15, 0.2) is 243 Å². The number of aromatic nitrogens is 1. The summed E-state index contributed by atoms with van der Waals surface area (Å²) in [5, 5.41) is 2.45. The van der Waals surface area contributed by atoms with Gasteiger partial charge in [-0.3, -0.25) is 0 Å². The molecule has 0 saturated carbocycles. The average Bonchev–Trinajstić information content (AvgIpc) is 3.95. The van der Waals surface area contributed by atoms with Gasteiger partial charge in [0.2, 0.25) is 0 Å². The van der Waals surface area contributed by atoms with Crippen molar-refractivity contribution in [2.75, 3.05) is 4.90 Å². The van der Waals surface area contributed by atoms with E-state index in [1.54, 1.807) is 0 Å². The van der Waals surface area contributed by atoms with Crippen molar-refractivity contribution in [3.8, 4) is 39.1 Å². The van der Waals surface area contributed by atoms with Gasteiger partial charge in [0.15, 0.2) is 0 Å². The first-order valence-electron chi connectivity index (χ1n) is 23.1. The number of hydrogen-bond donors (Lipinski definition) is 0. The van der Waals surface area contributed by atoms with E-state index in [2.05, 4.69) is 266 Å². The zero-order chi connectivity index (χ0) is 44.0. The lowest BCUT2D eigenvalue weighted by Gasteiger charge is -2.34. The van der Waals surface area contributed by atoms with Crippen molar-refractivity contribution < 1.29 is 0 Å². The molecule has 1 aromatic heterocycles. The first-order valence-corrected chi connectivity index (χ1v) is 23.1. The molecule has 0 atom stereocenters. The Balaban J connectivity index is 1.00. The SMILES string of the molecule is CC1(C)c2ccccc2-c2ccc(N(c3ccccc3)c3cccc(-c4ccc5c(c4)c4cc(C6(c7ccccc7)c7ccccc7-c7ccccc76)ccc4n5-c4ccccc4)c3)cc21. The normalized spacial score (nSPS) is 13.8. The molecule has 312 valence electrons. The van der Waals surface area contributed by atoms with Crippen LogP contribution in [0.3, 0.4) is 0 Å². The van der Waals surface area contributed by atoms with Crippen LogP contribution in [0.2, 0.25) is 0 Å². The predicted octanol–water partition coefficient (Wildman–Crippen LogP) is 16.6. The molecule has 2 aliphatic rings. The van der Waals surface area contributed by atoms with Gasteiger partial charge in [-0.2, -0.15) is 0 Å². The van der Waals surface area contributed by atoms with Gasteiger partial charge in [0.1, 0.15) is 0 Å². The van der Waals surface area contributed by atoms with Crippen molar-refractivity contribution in [1.82, 2.24) is 4.57 Å². The van der Waals surface area contributed by atoms with E-state index in [1.165, 1.54) is 88.6 Å². The van der Waals surface area contributed by atoms with Crippen LogP contribution in [-0.2, 0) is 10.8 Å². The van der Waals surface area contributed by atoms with Gasteiger partial charge < -0.3 is 9.47 Å². The summed E-state index contributed by atoms with van der Waals surface area (Å²) in [4.78, 5) is 2.41. The van der Waals surface area contributed by atoms with Crippen molar-refractivity contribution in [3.63, 3.8) is 0 Å². The van der Waals surface area contributed by atoms with E-state index in [9.17, 15) is 0 Å². The summed E-state index contributed by atoms with van der Waals surface area (Å²) in [6, 6.07) is 90.0. The molecule has 0 N–H and O–H groups in total. The Bertz CT molecular complexity index is 3630. The summed E-state index contributed by atoms with van der Waals surface area (Å²) in [6.45, 7) is 4.71. The highest BCUT2D eigenvalue weighted by atomic mass is 15.1. The molecule has 0 fully saturated rings. The highest BCUT2D eigenvalue weighted by molar-refractivity contribution is 6.11. The molecule has 66 heavy (non-hydrogen) atoms. The fourth-order valence-corrected chi connectivity index (χ4v) is 11.7. The lowest BCUT2D eigenvalue weighted by molar-refractivity contribution is 0.660. The molecule has 13 rings (SSSR count). The molecule has 11 aromatic rings. The third kappa shape index (κ3) is 5.55. The number of para-hydroxylation sites is 2. The maximum absolute atomic E-state index is 2.49. The molecule has 0 radical (unpaired) electrons. The van der Waals surface area contributed by atoms with Gasteiger partial charge in [0.25, 0.3) is 0 Å². The summed E-state index contributed by atoms with van der Waals surface area (Å²) >= 11 is 0. The van der Waals surface area contributed by atoms with E-state index in [1.807, 2.05) is 0 Å². The summed E-state index contributed by atoms with van der Waals surface area (Å²) in [6.07, 6.45) is 0. The van der Waals surface area contributed by atoms with Crippen LogP contribution < -0.4 is 4.90 Å². The van der Waals surface area contributed by atoms with E-state index >= 15 is 0 Å². The second kappa shape index (κ2) is 14.7. The van der Waals surface area contributed by atoms with Crippen LogP contribution in [0.25, 0.3) is 60.9 Å². The zero-order valence-electron chi connectivity index (χ0n) is 37.0. The maximum Gasteiger partial charge on any atom is 0.0713 e. The Morgan fingerprint density at radius 2 is 0.848 bits per heavy atom. The fourth-order valence-electron chi connectivity index (χ4n) is 11.7. The van der Waals surface area contributed by atoms with Crippen LogP contribution in [0.4, 0.5) is 17.1 Å². The van der Waals surface area contributed by atoms with Crippen LogP contribution in [0, 0.1) is 0 Å². The molecule has 0 amide bonds. The predicted molar refractivity (Wildman–Crippen MR) is 276 cm³/mol. The van der Waals surface area contributed by atoms with E-state index in [-0.39, 0.29) is 5.41 Å². The first kappa shape index (κ1) is 38.3. The monoisotopic (exact) mass is 842 g/mol. The van der Waals surface area contributed by atoms with E-state index in [0.717, 1.165) is 22.7 Å². The molecule has 0 bridgehead atoms. The summed E-state index contributed by atoms with van der Waals surface area (Å²) < 4.78 is 2.44. The minimum Gasteiger partial charge on any atom is -0.310 e. The average molecular weight is 843 g/mol. The minimum atomic E-state index is -0.494. The van der Waals surface area contributed by atoms with Crippen LogP contribution >= 0.6 is 0 Å². The number of benzene rings is 10. The third-order valence-electron chi connectivity index (χ3n) is 14.6. The molecule has 0 saturated heterocycles. The van der Waals surface area contributed by atoms with Gasteiger partial charge in [0, 0.05) is 38.9 Å². The second-order valence-corrected chi connectivity index (χ2v) is 18.5. The first-order chi connectivity index (χ1) is 32.5. The van der Waals surface area contributed by atoms with Gasteiger partial charge in [-0.1, -0.05) is 184 Å². The number of rotatable bonds is 7. The van der Waals surface area contributed by atoms with Gasteiger partial charge in [-0.25, -0.2) is 0 Å². The Labute approximate surface area is 386 Å². The second-order valence-electron chi connectivity index (χ2n) is 18.5. The quantitative estimate of drug-likeness (QED) is 0.155. The molecule has 2 heteroatoms. The van der Waals surface area contributed by atoms with E-state index in [4.69, 9.17) is 0 Å². The molecule has 0 unspecified atom stereocenters. The Morgan fingerprint density at radius 3 is 1.55 bits per heavy atom. The van der Waals surface area contributed by atoms with Crippen molar-refractivity contribution >= 4 is 38.9 Å². The molecule has 2 aliphatic carbocycles. The number of fused-ring (bicyclic) bond motifs is 9. The van der Waals surface area contributed by atoms with Crippen LogP contribution in [0.1, 0.15) is 47.2 Å². The fraction of sp³-hybridized carbons (Fsp3) is 0.0625. The summed E-state index contributed by atoms with van der Waals surface area (Å²) in [5.74, 6) is 0. The van der Waals surface area contributed by atoms with Crippen LogP contribution in [0.5, 0.6) is 0 Å². The summed E-state index contributed by atoms with van der Waals surface area (Å²) in [7, 11) is 0. The molecular formula is C64H46N2. The van der Waals surface area contributed by atoms with Crippen molar-refractivity contribution in [2.24, 2.45) is 0 Å². The number of nitrogens with zero attached hydrogens (tertiary/aromatic N) is 2.